The van der Waals surface area contributed by atoms with E-state index in [2.05, 4.69) is 10.3 Å². The number of hydrogen-bond acceptors (Lipinski definition) is 4. The van der Waals surface area contributed by atoms with E-state index < -0.39 is 0 Å². The first-order valence-electron chi connectivity index (χ1n) is 4.53. The van der Waals surface area contributed by atoms with Crippen LogP contribution in [-0.4, -0.2) is 26.0 Å². The zero-order chi connectivity index (χ0) is 9.97. The van der Waals surface area contributed by atoms with E-state index in [1.165, 1.54) is 0 Å². The third-order valence-electron chi connectivity index (χ3n) is 2.18. The molecule has 0 aromatic heterocycles. The van der Waals surface area contributed by atoms with E-state index in [0.29, 0.717) is 11.4 Å². The monoisotopic (exact) mass is 191 g/mol. The minimum Gasteiger partial charge on any atom is -0.495 e. The molecule has 4 nitrogen and oxygen atoms in total. The number of hydrogen-bond donors (Lipinski definition) is 2. The van der Waals surface area contributed by atoms with Gasteiger partial charge in [-0.15, -0.1) is 0 Å². The lowest BCUT2D eigenvalue weighted by molar-refractivity contribution is 0.417. The van der Waals surface area contributed by atoms with Crippen LogP contribution < -0.4 is 15.8 Å². The lowest BCUT2D eigenvalue weighted by atomic mass is 10.1. The quantitative estimate of drug-likeness (QED) is 0.674. The second kappa shape index (κ2) is 3.57. The Bertz CT molecular complexity index is 374. The number of benzene rings is 1. The molecule has 0 amide bonds. The highest BCUT2D eigenvalue weighted by Gasteiger charge is 2.09. The standard InChI is InChI=1S/C10H13N3O/c1-14-9-6-7(2-3-8(9)11)10-12-4-5-13-10/h2-3,6H,4-5,11H2,1H3,(H,12,13). The predicted octanol–water partition coefficient (Wildman–Crippen LogP) is 0.627. The largest absolute Gasteiger partial charge is 0.495 e. The van der Waals surface area contributed by atoms with Crippen molar-refractivity contribution in [3.8, 4) is 5.75 Å². The second-order valence-corrected chi connectivity index (χ2v) is 3.11. The highest BCUT2D eigenvalue weighted by Crippen LogP contribution is 2.22. The molecule has 0 spiro atoms. The Balaban J connectivity index is 2.35. The molecule has 3 N–H and O–H groups in total. The maximum absolute atomic E-state index is 5.71. The molecular formula is C10H13N3O. The van der Waals surface area contributed by atoms with Gasteiger partial charge in [0, 0.05) is 12.1 Å². The lowest BCUT2D eigenvalue weighted by Crippen LogP contribution is -2.19. The average Bonchev–Trinajstić information content (AvgIpc) is 2.71. The van der Waals surface area contributed by atoms with Crippen molar-refractivity contribution in [3.63, 3.8) is 0 Å². The molecule has 1 aliphatic rings. The van der Waals surface area contributed by atoms with E-state index in [4.69, 9.17) is 10.5 Å². The normalized spacial score (nSPS) is 14.8. The number of nitrogen functional groups attached to an aromatic ring is 1. The van der Waals surface area contributed by atoms with Gasteiger partial charge >= 0.3 is 0 Å². The van der Waals surface area contributed by atoms with Gasteiger partial charge in [0.25, 0.3) is 0 Å². The Hall–Kier alpha value is -1.71. The van der Waals surface area contributed by atoms with E-state index in [1.54, 1.807) is 7.11 Å². The Morgan fingerprint density at radius 3 is 3.00 bits per heavy atom. The molecule has 14 heavy (non-hydrogen) atoms. The fourth-order valence-corrected chi connectivity index (χ4v) is 1.45. The SMILES string of the molecule is COc1cc(C2=NCCN2)ccc1N. The van der Waals surface area contributed by atoms with Crippen molar-refractivity contribution in [1.29, 1.82) is 0 Å². The van der Waals surface area contributed by atoms with Crippen LogP contribution >= 0.6 is 0 Å². The van der Waals surface area contributed by atoms with Gasteiger partial charge < -0.3 is 15.8 Å². The van der Waals surface area contributed by atoms with E-state index in [-0.39, 0.29) is 0 Å². The fraction of sp³-hybridized carbons (Fsp3) is 0.300. The maximum atomic E-state index is 5.71. The van der Waals surface area contributed by atoms with Crippen LogP contribution in [0.5, 0.6) is 5.75 Å². The predicted molar refractivity (Wildman–Crippen MR) is 56.8 cm³/mol. The molecule has 0 bridgehead atoms. The molecule has 1 aromatic carbocycles. The Morgan fingerprint density at radius 2 is 2.36 bits per heavy atom. The van der Waals surface area contributed by atoms with Gasteiger partial charge in [-0.3, -0.25) is 4.99 Å². The number of rotatable bonds is 2. The molecule has 0 radical (unpaired) electrons. The first-order chi connectivity index (χ1) is 6.81. The molecule has 1 heterocycles. The average molecular weight is 191 g/mol. The van der Waals surface area contributed by atoms with Crippen LogP contribution in [0.3, 0.4) is 0 Å². The molecule has 0 aliphatic carbocycles. The van der Waals surface area contributed by atoms with Crippen molar-refractivity contribution >= 4 is 11.5 Å². The fourth-order valence-electron chi connectivity index (χ4n) is 1.45. The molecule has 4 heteroatoms. The molecule has 1 aromatic rings. The zero-order valence-electron chi connectivity index (χ0n) is 8.08. The summed E-state index contributed by atoms with van der Waals surface area (Å²) in [6.07, 6.45) is 0. The number of nitrogens with two attached hydrogens (primary N) is 1. The molecule has 0 unspecified atom stereocenters. The van der Waals surface area contributed by atoms with Crippen LogP contribution in [0.25, 0.3) is 0 Å². The number of aliphatic imine (C=N–C) groups is 1. The summed E-state index contributed by atoms with van der Waals surface area (Å²) in [7, 11) is 1.61. The summed E-state index contributed by atoms with van der Waals surface area (Å²) in [5.74, 6) is 1.61. The van der Waals surface area contributed by atoms with Crippen LogP contribution in [0.15, 0.2) is 23.2 Å². The van der Waals surface area contributed by atoms with E-state index in [0.717, 1.165) is 24.5 Å². The number of amidine groups is 1. The van der Waals surface area contributed by atoms with Crippen LogP contribution in [0, 0.1) is 0 Å². The van der Waals surface area contributed by atoms with Gasteiger partial charge in [0.15, 0.2) is 0 Å². The van der Waals surface area contributed by atoms with Crippen molar-refractivity contribution in [2.45, 2.75) is 0 Å². The summed E-state index contributed by atoms with van der Waals surface area (Å²) in [5.41, 5.74) is 7.38. The third-order valence-corrected chi connectivity index (χ3v) is 2.18. The van der Waals surface area contributed by atoms with Gasteiger partial charge in [-0.25, -0.2) is 0 Å². The molecule has 0 saturated heterocycles. The zero-order valence-corrected chi connectivity index (χ0v) is 8.08. The summed E-state index contributed by atoms with van der Waals surface area (Å²) >= 11 is 0. The first kappa shape index (κ1) is 8.87. The topological polar surface area (TPSA) is 59.6 Å². The number of methoxy groups -OCH3 is 1. The van der Waals surface area contributed by atoms with Crippen molar-refractivity contribution in [2.24, 2.45) is 4.99 Å². The van der Waals surface area contributed by atoms with Gasteiger partial charge in [0.2, 0.25) is 0 Å². The van der Waals surface area contributed by atoms with Crippen molar-refractivity contribution in [3.05, 3.63) is 23.8 Å². The summed E-state index contributed by atoms with van der Waals surface area (Å²) in [4.78, 5) is 4.32. The number of ether oxygens (including phenoxy) is 1. The molecular weight excluding hydrogens is 178 g/mol. The Morgan fingerprint density at radius 1 is 1.50 bits per heavy atom. The molecule has 1 aliphatic heterocycles. The van der Waals surface area contributed by atoms with Gasteiger partial charge in [-0.05, 0) is 18.2 Å². The highest BCUT2D eigenvalue weighted by molar-refractivity contribution is 6.00. The summed E-state index contributed by atoms with van der Waals surface area (Å²) in [6, 6.07) is 5.66. The van der Waals surface area contributed by atoms with Crippen molar-refractivity contribution < 1.29 is 4.74 Å². The molecule has 0 atom stereocenters. The summed E-state index contributed by atoms with van der Waals surface area (Å²) in [6.45, 7) is 1.74. The van der Waals surface area contributed by atoms with Crippen LogP contribution in [-0.2, 0) is 0 Å². The summed E-state index contributed by atoms with van der Waals surface area (Å²) < 4.78 is 5.14. The molecule has 74 valence electrons. The smallest absolute Gasteiger partial charge is 0.142 e. The van der Waals surface area contributed by atoms with Crippen molar-refractivity contribution in [1.82, 2.24) is 5.32 Å². The van der Waals surface area contributed by atoms with E-state index >= 15 is 0 Å². The van der Waals surface area contributed by atoms with Gasteiger partial charge in [0.05, 0.1) is 19.3 Å². The number of nitrogens with one attached hydrogen (secondary N) is 1. The Labute approximate surface area is 82.8 Å². The Kier molecular flexibility index (Phi) is 2.26. The lowest BCUT2D eigenvalue weighted by Gasteiger charge is -2.07. The first-order valence-corrected chi connectivity index (χ1v) is 4.53. The van der Waals surface area contributed by atoms with E-state index in [1.807, 2.05) is 18.2 Å². The van der Waals surface area contributed by atoms with Crippen LogP contribution in [0.2, 0.25) is 0 Å². The van der Waals surface area contributed by atoms with Crippen LogP contribution in [0.1, 0.15) is 5.56 Å². The number of anilines is 1. The van der Waals surface area contributed by atoms with Crippen LogP contribution in [0.4, 0.5) is 5.69 Å². The maximum Gasteiger partial charge on any atom is 0.142 e. The molecule has 2 rings (SSSR count). The van der Waals surface area contributed by atoms with Gasteiger partial charge in [-0.1, -0.05) is 0 Å². The van der Waals surface area contributed by atoms with Gasteiger partial charge in [-0.2, -0.15) is 0 Å². The number of nitrogens with zero attached hydrogens (tertiary/aromatic N) is 1. The molecule has 0 saturated carbocycles. The minimum atomic E-state index is 0.648. The van der Waals surface area contributed by atoms with Gasteiger partial charge in [0.1, 0.15) is 11.6 Å². The van der Waals surface area contributed by atoms with Crippen molar-refractivity contribution in [2.75, 3.05) is 25.9 Å². The third kappa shape index (κ3) is 1.51. The minimum absolute atomic E-state index is 0.648. The second-order valence-electron chi connectivity index (χ2n) is 3.11. The molecule has 0 fully saturated rings. The summed E-state index contributed by atoms with van der Waals surface area (Å²) in [5, 5.41) is 3.20. The highest BCUT2D eigenvalue weighted by atomic mass is 16.5. The van der Waals surface area contributed by atoms with E-state index in [9.17, 15) is 0 Å².